The number of pyridine rings is 1. The van der Waals surface area contributed by atoms with Gasteiger partial charge in [-0.2, -0.15) is 5.26 Å². The maximum atomic E-state index is 12.3. The largest absolute Gasteiger partial charge is 0.493 e. The summed E-state index contributed by atoms with van der Waals surface area (Å²) in [4.78, 5) is 27.8. The zero-order chi connectivity index (χ0) is 19.9. The summed E-state index contributed by atoms with van der Waals surface area (Å²) in [6.45, 7) is 0. The van der Waals surface area contributed by atoms with Crippen LogP contribution in [0.1, 0.15) is 24.2 Å². The standard InChI is InChI=1S/C19H15N5O4/c1-27-14-7-6-13(12-4-2-11(10-20)3-5-12)24-15(14)22-16(23-24)19(8-9-19)17(25)28-18(21)26/h2-7H,8-9H2,1H3,(H2,21,26). The molecule has 0 bridgehead atoms. The number of fused-ring (bicyclic) bond motifs is 1. The number of nitrogens with zero attached hydrogens (tertiary/aromatic N) is 4. The Morgan fingerprint density at radius 1 is 1.21 bits per heavy atom. The molecule has 28 heavy (non-hydrogen) atoms. The number of hydrogen-bond acceptors (Lipinski definition) is 7. The summed E-state index contributed by atoms with van der Waals surface area (Å²) in [6, 6.07) is 12.7. The molecule has 0 atom stereocenters. The molecule has 1 saturated carbocycles. The highest BCUT2D eigenvalue weighted by Gasteiger charge is 2.57. The highest BCUT2D eigenvalue weighted by atomic mass is 16.6. The Bertz CT molecular complexity index is 1140. The summed E-state index contributed by atoms with van der Waals surface area (Å²) in [5.74, 6) is -0.0249. The van der Waals surface area contributed by atoms with Crippen molar-refractivity contribution in [3.05, 3.63) is 47.8 Å². The second-order valence-corrected chi connectivity index (χ2v) is 6.44. The van der Waals surface area contributed by atoms with E-state index < -0.39 is 17.5 Å². The minimum absolute atomic E-state index is 0.248. The van der Waals surface area contributed by atoms with Crippen LogP contribution in [-0.4, -0.2) is 33.8 Å². The van der Waals surface area contributed by atoms with Gasteiger partial charge in [-0.05, 0) is 37.1 Å². The molecular weight excluding hydrogens is 362 g/mol. The molecular formula is C19H15N5O4. The molecule has 0 unspecified atom stereocenters. The SMILES string of the molecule is COc1ccc(-c2ccc(C#N)cc2)n2nc(C3(C(=O)OC(N)=O)CC3)nc12. The number of aromatic nitrogens is 3. The van der Waals surface area contributed by atoms with Crippen molar-refractivity contribution in [3.63, 3.8) is 0 Å². The molecule has 1 aromatic carbocycles. The summed E-state index contributed by atoms with van der Waals surface area (Å²) < 4.78 is 11.5. The van der Waals surface area contributed by atoms with E-state index in [1.165, 1.54) is 7.11 Å². The fourth-order valence-corrected chi connectivity index (χ4v) is 3.07. The van der Waals surface area contributed by atoms with Gasteiger partial charge in [-0.25, -0.2) is 14.3 Å². The average Bonchev–Trinajstić information content (AvgIpc) is 3.39. The smallest absolute Gasteiger partial charge is 0.412 e. The topological polar surface area (TPSA) is 133 Å². The van der Waals surface area contributed by atoms with Gasteiger partial charge in [0, 0.05) is 5.56 Å². The first-order chi connectivity index (χ1) is 13.5. The number of carbonyl (C=O) groups is 2. The van der Waals surface area contributed by atoms with Gasteiger partial charge in [0.2, 0.25) is 0 Å². The maximum Gasteiger partial charge on any atom is 0.412 e. The van der Waals surface area contributed by atoms with Gasteiger partial charge >= 0.3 is 12.1 Å². The summed E-state index contributed by atoms with van der Waals surface area (Å²) in [7, 11) is 1.51. The number of carbonyl (C=O) groups excluding carboxylic acids is 2. The van der Waals surface area contributed by atoms with Crippen molar-refractivity contribution in [2.24, 2.45) is 5.73 Å². The number of rotatable bonds is 4. The van der Waals surface area contributed by atoms with Crippen LogP contribution in [0.15, 0.2) is 36.4 Å². The number of amides is 1. The first kappa shape index (κ1) is 17.5. The van der Waals surface area contributed by atoms with Crippen molar-refractivity contribution in [1.29, 1.82) is 5.26 Å². The molecule has 140 valence electrons. The normalized spacial score (nSPS) is 14.3. The molecule has 1 amide bonds. The predicted octanol–water partition coefficient (Wildman–Crippen LogP) is 1.93. The molecule has 0 radical (unpaired) electrons. The van der Waals surface area contributed by atoms with Crippen LogP contribution >= 0.6 is 0 Å². The number of nitriles is 1. The fraction of sp³-hybridized carbons (Fsp3) is 0.211. The molecule has 1 aliphatic rings. The fourth-order valence-electron chi connectivity index (χ4n) is 3.07. The van der Waals surface area contributed by atoms with Crippen molar-refractivity contribution < 1.29 is 19.1 Å². The van der Waals surface area contributed by atoms with Gasteiger partial charge in [0.25, 0.3) is 0 Å². The van der Waals surface area contributed by atoms with Gasteiger partial charge in [0.05, 0.1) is 24.4 Å². The van der Waals surface area contributed by atoms with Crippen LogP contribution in [0.2, 0.25) is 0 Å². The third-order valence-corrected chi connectivity index (χ3v) is 4.74. The number of hydrogen-bond donors (Lipinski definition) is 1. The second kappa shape index (κ2) is 6.35. The van der Waals surface area contributed by atoms with E-state index in [-0.39, 0.29) is 5.82 Å². The molecule has 1 fully saturated rings. The van der Waals surface area contributed by atoms with Gasteiger partial charge in [-0.3, -0.25) is 4.79 Å². The Hall–Kier alpha value is -3.93. The van der Waals surface area contributed by atoms with Crippen LogP contribution in [0.4, 0.5) is 4.79 Å². The van der Waals surface area contributed by atoms with Crippen molar-refractivity contribution in [3.8, 4) is 23.1 Å². The lowest BCUT2D eigenvalue weighted by molar-refractivity contribution is -0.140. The van der Waals surface area contributed by atoms with Crippen LogP contribution in [-0.2, 0) is 14.9 Å². The first-order valence-corrected chi connectivity index (χ1v) is 8.45. The van der Waals surface area contributed by atoms with E-state index in [0.29, 0.717) is 35.5 Å². The Morgan fingerprint density at radius 3 is 2.50 bits per heavy atom. The number of methoxy groups -OCH3 is 1. The molecule has 0 aliphatic heterocycles. The lowest BCUT2D eigenvalue weighted by Crippen LogP contribution is -2.29. The summed E-state index contributed by atoms with van der Waals surface area (Å²) >= 11 is 0. The minimum Gasteiger partial charge on any atom is -0.493 e. The summed E-state index contributed by atoms with van der Waals surface area (Å²) in [6.07, 6.45) is -0.231. The highest BCUT2D eigenvalue weighted by molar-refractivity contribution is 5.93. The molecule has 0 spiro atoms. The predicted molar refractivity (Wildman–Crippen MR) is 96.3 cm³/mol. The number of primary amides is 1. The summed E-state index contributed by atoms with van der Waals surface area (Å²) in [5.41, 5.74) is 6.38. The number of esters is 1. The first-order valence-electron chi connectivity index (χ1n) is 8.45. The lowest BCUT2D eigenvalue weighted by atomic mass is 10.1. The van der Waals surface area contributed by atoms with E-state index >= 15 is 0 Å². The maximum absolute atomic E-state index is 12.3. The van der Waals surface area contributed by atoms with Crippen molar-refractivity contribution in [1.82, 2.24) is 14.6 Å². The van der Waals surface area contributed by atoms with Crippen LogP contribution in [0, 0.1) is 11.3 Å². The van der Waals surface area contributed by atoms with E-state index in [9.17, 15) is 9.59 Å². The van der Waals surface area contributed by atoms with E-state index in [0.717, 1.165) is 5.56 Å². The van der Waals surface area contributed by atoms with Gasteiger partial charge < -0.3 is 15.2 Å². The van der Waals surface area contributed by atoms with Crippen LogP contribution < -0.4 is 10.5 Å². The van der Waals surface area contributed by atoms with Gasteiger partial charge in [0.1, 0.15) is 5.41 Å². The summed E-state index contributed by atoms with van der Waals surface area (Å²) in [5, 5.41) is 13.5. The van der Waals surface area contributed by atoms with Crippen LogP contribution in [0.5, 0.6) is 5.75 Å². The van der Waals surface area contributed by atoms with Crippen molar-refractivity contribution in [2.45, 2.75) is 18.3 Å². The molecule has 3 aromatic rings. The van der Waals surface area contributed by atoms with Crippen molar-refractivity contribution >= 4 is 17.7 Å². The Labute approximate surface area is 159 Å². The third kappa shape index (κ3) is 2.72. The highest BCUT2D eigenvalue weighted by Crippen LogP contribution is 2.48. The van der Waals surface area contributed by atoms with E-state index in [1.54, 1.807) is 34.8 Å². The zero-order valence-corrected chi connectivity index (χ0v) is 14.9. The third-order valence-electron chi connectivity index (χ3n) is 4.74. The van der Waals surface area contributed by atoms with Crippen LogP contribution in [0.3, 0.4) is 0 Å². The average molecular weight is 377 g/mol. The molecule has 9 heteroatoms. The number of nitrogens with two attached hydrogens (primary N) is 1. The zero-order valence-electron chi connectivity index (χ0n) is 14.9. The number of ether oxygens (including phenoxy) is 2. The van der Waals surface area contributed by atoms with Crippen molar-refractivity contribution in [2.75, 3.05) is 7.11 Å². The molecule has 0 saturated heterocycles. The molecule has 4 rings (SSSR count). The second-order valence-electron chi connectivity index (χ2n) is 6.44. The monoisotopic (exact) mass is 377 g/mol. The van der Waals surface area contributed by atoms with E-state index in [4.69, 9.17) is 15.7 Å². The van der Waals surface area contributed by atoms with Gasteiger partial charge in [0.15, 0.2) is 17.2 Å². The quantitative estimate of drug-likeness (QED) is 0.542. The lowest BCUT2D eigenvalue weighted by Gasteiger charge is -2.08. The Morgan fingerprint density at radius 2 is 1.93 bits per heavy atom. The van der Waals surface area contributed by atoms with Gasteiger partial charge in [-0.15, -0.1) is 5.10 Å². The molecule has 2 N–H and O–H groups in total. The Kier molecular flexibility index (Phi) is 3.96. The van der Waals surface area contributed by atoms with Gasteiger partial charge in [-0.1, -0.05) is 12.1 Å². The Balaban J connectivity index is 1.85. The van der Waals surface area contributed by atoms with E-state index in [1.807, 2.05) is 6.07 Å². The molecule has 1 aliphatic carbocycles. The number of benzene rings is 1. The van der Waals surface area contributed by atoms with Crippen LogP contribution in [0.25, 0.3) is 16.9 Å². The molecule has 9 nitrogen and oxygen atoms in total. The van der Waals surface area contributed by atoms with E-state index in [2.05, 4.69) is 20.9 Å². The molecule has 2 aromatic heterocycles. The minimum atomic E-state index is -1.16. The molecule has 2 heterocycles.